The van der Waals surface area contributed by atoms with Crippen LogP contribution in [0.4, 0.5) is 17.2 Å². The van der Waals surface area contributed by atoms with Gasteiger partial charge in [-0.3, -0.25) is 4.79 Å². The van der Waals surface area contributed by atoms with Crippen molar-refractivity contribution in [3.63, 3.8) is 0 Å². The van der Waals surface area contributed by atoms with Gasteiger partial charge in [-0.25, -0.2) is 0 Å². The van der Waals surface area contributed by atoms with Gasteiger partial charge in [-0.15, -0.1) is 10.2 Å². The molecule has 136 valence electrons. The lowest BCUT2D eigenvalue weighted by Gasteiger charge is -2.16. The minimum absolute atomic E-state index is 0.125. The van der Waals surface area contributed by atoms with E-state index in [0.29, 0.717) is 24.7 Å². The molecule has 0 aliphatic carbocycles. The van der Waals surface area contributed by atoms with Gasteiger partial charge in [0, 0.05) is 17.9 Å². The highest BCUT2D eigenvalue weighted by atomic mass is 16.5. The van der Waals surface area contributed by atoms with Crippen LogP contribution in [0.5, 0.6) is 5.75 Å². The summed E-state index contributed by atoms with van der Waals surface area (Å²) in [5.74, 6) is 1.28. The van der Waals surface area contributed by atoms with Gasteiger partial charge >= 0.3 is 0 Å². The number of rotatable bonds is 5. The summed E-state index contributed by atoms with van der Waals surface area (Å²) in [4.78, 5) is 14.5. The van der Waals surface area contributed by atoms with E-state index in [1.165, 1.54) is 5.56 Å². The molecule has 0 fully saturated rings. The molecule has 6 nitrogen and oxygen atoms in total. The Balaban J connectivity index is 1.45. The minimum Gasteiger partial charge on any atom is -0.494 e. The van der Waals surface area contributed by atoms with Crippen LogP contribution >= 0.6 is 0 Å². The molecule has 0 saturated heterocycles. The summed E-state index contributed by atoms with van der Waals surface area (Å²) < 4.78 is 5.43. The molecule has 0 spiro atoms. The molecule has 1 amide bonds. The van der Waals surface area contributed by atoms with Crippen molar-refractivity contribution in [2.24, 2.45) is 0 Å². The molecule has 2 aromatic carbocycles. The van der Waals surface area contributed by atoms with E-state index in [0.717, 1.165) is 23.5 Å². The van der Waals surface area contributed by atoms with Crippen LogP contribution in [0.1, 0.15) is 23.0 Å². The summed E-state index contributed by atoms with van der Waals surface area (Å²) in [5, 5.41) is 11.4. The average molecular weight is 360 g/mol. The van der Waals surface area contributed by atoms with Gasteiger partial charge in [0.15, 0.2) is 11.5 Å². The number of aromatic nitrogens is 2. The Hall–Kier alpha value is -3.41. The molecule has 27 heavy (non-hydrogen) atoms. The van der Waals surface area contributed by atoms with E-state index in [1.807, 2.05) is 49.4 Å². The van der Waals surface area contributed by atoms with Crippen molar-refractivity contribution >= 4 is 23.1 Å². The Morgan fingerprint density at radius 1 is 1.07 bits per heavy atom. The van der Waals surface area contributed by atoms with Gasteiger partial charge in [0.25, 0.3) is 5.91 Å². The van der Waals surface area contributed by atoms with Crippen molar-refractivity contribution in [1.29, 1.82) is 0 Å². The number of nitrogens with one attached hydrogen (secondary N) is 1. The van der Waals surface area contributed by atoms with Crippen LogP contribution in [0.3, 0.4) is 0 Å². The number of fused-ring (bicyclic) bond motifs is 1. The van der Waals surface area contributed by atoms with Gasteiger partial charge < -0.3 is 15.0 Å². The molecular weight excluding hydrogens is 340 g/mol. The van der Waals surface area contributed by atoms with Crippen LogP contribution in [0.15, 0.2) is 60.7 Å². The Bertz CT molecular complexity index is 939. The van der Waals surface area contributed by atoms with Crippen molar-refractivity contribution < 1.29 is 9.53 Å². The number of carbonyl (C=O) groups excluding carboxylic acids is 1. The molecule has 1 aliphatic rings. The average Bonchev–Trinajstić information content (AvgIpc) is 3.14. The van der Waals surface area contributed by atoms with Crippen LogP contribution in [0.2, 0.25) is 0 Å². The molecule has 0 saturated carbocycles. The van der Waals surface area contributed by atoms with Gasteiger partial charge in [-0.1, -0.05) is 18.2 Å². The first kappa shape index (κ1) is 17.0. The number of ether oxygens (including phenoxy) is 1. The summed E-state index contributed by atoms with van der Waals surface area (Å²) in [7, 11) is 0. The normalized spacial score (nSPS) is 12.6. The summed E-state index contributed by atoms with van der Waals surface area (Å²) in [6, 6.07) is 19.0. The smallest absolute Gasteiger partial charge is 0.278 e. The molecule has 0 unspecified atom stereocenters. The third-order valence-corrected chi connectivity index (χ3v) is 4.45. The quantitative estimate of drug-likeness (QED) is 0.749. The molecule has 0 atom stereocenters. The summed E-state index contributed by atoms with van der Waals surface area (Å²) >= 11 is 0. The molecule has 3 aromatic rings. The van der Waals surface area contributed by atoms with Crippen LogP contribution in [-0.4, -0.2) is 29.3 Å². The zero-order valence-corrected chi connectivity index (χ0v) is 15.1. The maximum Gasteiger partial charge on any atom is 0.278 e. The lowest BCUT2D eigenvalue weighted by molar-refractivity contribution is 0.0983. The zero-order chi connectivity index (χ0) is 18.6. The molecule has 2 heterocycles. The van der Waals surface area contributed by atoms with Crippen molar-refractivity contribution in [3.05, 3.63) is 71.9 Å². The van der Waals surface area contributed by atoms with Gasteiger partial charge in [0.1, 0.15) is 5.75 Å². The van der Waals surface area contributed by atoms with Gasteiger partial charge in [-0.2, -0.15) is 0 Å². The van der Waals surface area contributed by atoms with Crippen LogP contribution in [-0.2, 0) is 6.42 Å². The predicted octanol–water partition coefficient (Wildman–Crippen LogP) is 3.82. The highest BCUT2D eigenvalue weighted by molar-refractivity contribution is 6.06. The summed E-state index contributed by atoms with van der Waals surface area (Å²) in [6.07, 6.45) is 0.868. The van der Waals surface area contributed by atoms with Gasteiger partial charge in [-0.05, 0) is 61.4 Å². The van der Waals surface area contributed by atoms with Crippen LogP contribution in [0, 0.1) is 0 Å². The molecule has 1 N–H and O–H groups in total. The topological polar surface area (TPSA) is 67.3 Å². The number of hydrogen-bond acceptors (Lipinski definition) is 5. The van der Waals surface area contributed by atoms with E-state index < -0.39 is 0 Å². The molecule has 6 heteroatoms. The summed E-state index contributed by atoms with van der Waals surface area (Å²) in [6.45, 7) is 3.26. The second-order valence-corrected chi connectivity index (χ2v) is 6.22. The molecule has 0 bridgehead atoms. The van der Waals surface area contributed by atoms with Crippen LogP contribution in [0.25, 0.3) is 0 Å². The van der Waals surface area contributed by atoms with Crippen molar-refractivity contribution in [3.8, 4) is 5.75 Å². The Morgan fingerprint density at radius 2 is 1.89 bits per heavy atom. The van der Waals surface area contributed by atoms with E-state index in [-0.39, 0.29) is 5.91 Å². The van der Waals surface area contributed by atoms with E-state index >= 15 is 0 Å². The fourth-order valence-corrected chi connectivity index (χ4v) is 3.15. The van der Waals surface area contributed by atoms with Gasteiger partial charge in [0.05, 0.1) is 6.61 Å². The van der Waals surface area contributed by atoms with E-state index in [9.17, 15) is 4.79 Å². The predicted molar refractivity (Wildman–Crippen MR) is 105 cm³/mol. The number of hydrogen-bond donors (Lipinski definition) is 1. The van der Waals surface area contributed by atoms with Crippen molar-refractivity contribution in [2.45, 2.75) is 13.3 Å². The number of benzene rings is 2. The molecule has 0 radical (unpaired) electrons. The lowest BCUT2D eigenvalue weighted by atomic mass is 10.2. The van der Waals surface area contributed by atoms with Crippen molar-refractivity contribution in [1.82, 2.24) is 10.2 Å². The maximum atomic E-state index is 12.8. The first-order valence-corrected chi connectivity index (χ1v) is 8.98. The SMILES string of the molecule is CCOc1ccc(Nc2ccc(C(=O)N3CCc4ccccc43)nn2)cc1. The number of anilines is 3. The Morgan fingerprint density at radius 3 is 2.63 bits per heavy atom. The monoisotopic (exact) mass is 360 g/mol. The zero-order valence-electron chi connectivity index (χ0n) is 15.1. The lowest BCUT2D eigenvalue weighted by Crippen LogP contribution is -2.29. The molecule has 1 aliphatic heterocycles. The standard InChI is InChI=1S/C21H20N4O2/c1-2-27-17-9-7-16(8-10-17)22-20-12-11-18(23-24-20)21(26)25-14-13-15-5-3-4-6-19(15)25/h3-12H,2,13-14H2,1H3,(H,22,24). The highest BCUT2D eigenvalue weighted by Gasteiger charge is 2.26. The third-order valence-electron chi connectivity index (χ3n) is 4.45. The highest BCUT2D eigenvalue weighted by Crippen LogP contribution is 2.28. The number of para-hydroxylation sites is 1. The van der Waals surface area contributed by atoms with E-state index in [1.54, 1.807) is 17.0 Å². The van der Waals surface area contributed by atoms with E-state index in [4.69, 9.17) is 4.74 Å². The van der Waals surface area contributed by atoms with Crippen LogP contribution < -0.4 is 15.0 Å². The minimum atomic E-state index is -0.125. The second-order valence-electron chi connectivity index (χ2n) is 6.22. The molecule has 4 rings (SSSR count). The molecule has 1 aromatic heterocycles. The number of amides is 1. The first-order valence-electron chi connectivity index (χ1n) is 8.98. The summed E-state index contributed by atoms with van der Waals surface area (Å²) in [5.41, 5.74) is 3.36. The molecular formula is C21H20N4O2. The Kier molecular flexibility index (Phi) is 4.70. The largest absolute Gasteiger partial charge is 0.494 e. The van der Waals surface area contributed by atoms with Crippen molar-refractivity contribution in [2.75, 3.05) is 23.4 Å². The Labute approximate surface area is 157 Å². The number of carbonyl (C=O) groups is 1. The van der Waals surface area contributed by atoms with Gasteiger partial charge in [0.2, 0.25) is 0 Å². The fourth-order valence-electron chi connectivity index (χ4n) is 3.15. The second kappa shape index (κ2) is 7.45. The maximum absolute atomic E-state index is 12.8. The fraction of sp³-hybridized carbons (Fsp3) is 0.190. The number of nitrogens with zero attached hydrogens (tertiary/aromatic N) is 3. The first-order chi connectivity index (χ1) is 13.2. The third kappa shape index (κ3) is 3.60. The van der Waals surface area contributed by atoms with E-state index in [2.05, 4.69) is 21.6 Å².